The fourth-order valence-corrected chi connectivity index (χ4v) is 5.17. The lowest BCUT2D eigenvalue weighted by Crippen LogP contribution is -2.33. The molecule has 1 N–H and O–H groups in total. The monoisotopic (exact) mass is 467 g/mol. The minimum Gasteiger partial charge on any atom is -0.390 e. The van der Waals surface area contributed by atoms with Gasteiger partial charge in [-0.3, -0.25) is 9.59 Å². The number of hydrogen-bond acceptors (Lipinski definition) is 6. The Labute approximate surface area is 184 Å². The Bertz CT molecular complexity index is 1300. The van der Waals surface area contributed by atoms with E-state index < -0.39 is 32.6 Å². The number of carbonyl (C=O) groups excluding carboxylic acids is 1. The SMILES string of the molecule is CNC1=CCN(c2c(F)cc3c(=O)c(C(=O)CS(C)(=O)=O)cn(C4CC4)c3c2Cl)C1C. The summed E-state index contributed by atoms with van der Waals surface area (Å²) in [5, 5.41) is 3.18. The number of aromatic nitrogens is 1. The molecule has 1 saturated carbocycles. The van der Waals surface area contributed by atoms with Crippen LogP contribution in [0.5, 0.6) is 0 Å². The number of hydrogen-bond donors (Lipinski definition) is 1. The maximum absolute atomic E-state index is 15.3. The van der Waals surface area contributed by atoms with Gasteiger partial charge in [-0.1, -0.05) is 11.6 Å². The Hall–Kier alpha value is -2.39. The molecule has 7 nitrogen and oxygen atoms in total. The van der Waals surface area contributed by atoms with Crippen LogP contribution in [0.3, 0.4) is 0 Å². The van der Waals surface area contributed by atoms with E-state index in [9.17, 15) is 18.0 Å². The molecule has 166 valence electrons. The average molecular weight is 468 g/mol. The van der Waals surface area contributed by atoms with Crippen LogP contribution >= 0.6 is 11.6 Å². The van der Waals surface area contributed by atoms with Crippen LogP contribution in [0.1, 0.15) is 36.2 Å². The van der Waals surface area contributed by atoms with Gasteiger partial charge in [0.1, 0.15) is 11.6 Å². The minimum absolute atomic E-state index is 0.0192. The van der Waals surface area contributed by atoms with Crippen molar-refractivity contribution in [2.45, 2.75) is 31.8 Å². The molecule has 0 amide bonds. The number of benzene rings is 1. The number of likely N-dealkylation sites (N-methyl/N-ethyl adjacent to an activating group) is 1. The summed E-state index contributed by atoms with van der Waals surface area (Å²) in [4.78, 5) is 27.4. The number of fused-ring (bicyclic) bond motifs is 1. The number of carbonyl (C=O) groups is 1. The molecule has 31 heavy (non-hydrogen) atoms. The van der Waals surface area contributed by atoms with Crippen LogP contribution in [0.15, 0.2) is 28.8 Å². The van der Waals surface area contributed by atoms with E-state index in [-0.39, 0.29) is 33.7 Å². The van der Waals surface area contributed by atoms with Crippen LogP contribution < -0.4 is 15.6 Å². The predicted octanol–water partition coefficient (Wildman–Crippen LogP) is 2.67. The molecule has 4 rings (SSSR count). The van der Waals surface area contributed by atoms with E-state index in [1.54, 1.807) is 11.6 Å². The fourth-order valence-electron chi connectivity index (χ4n) is 4.14. The van der Waals surface area contributed by atoms with Gasteiger partial charge in [-0.2, -0.15) is 0 Å². The van der Waals surface area contributed by atoms with Crippen LogP contribution in [0.4, 0.5) is 10.1 Å². The van der Waals surface area contributed by atoms with E-state index in [1.807, 2.05) is 17.9 Å². The van der Waals surface area contributed by atoms with Crippen molar-refractivity contribution in [2.24, 2.45) is 0 Å². The highest BCUT2D eigenvalue weighted by molar-refractivity contribution is 7.91. The molecular weight excluding hydrogens is 445 g/mol. The molecule has 0 saturated heterocycles. The van der Waals surface area contributed by atoms with Gasteiger partial charge in [0.2, 0.25) is 0 Å². The van der Waals surface area contributed by atoms with Crippen LogP contribution in [0.2, 0.25) is 5.02 Å². The molecule has 1 aromatic heterocycles. The predicted molar refractivity (Wildman–Crippen MR) is 119 cm³/mol. The van der Waals surface area contributed by atoms with Crippen molar-refractivity contribution in [3.8, 4) is 0 Å². The molecule has 1 atom stereocenters. The highest BCUT2D eigenvalue weighted by Gasteiger charge is 2.33. The van der Waals surface area contributed by atoms with Crippen molar-refractivity contribution >= 4 is 43.8 Å². The van der Waals surface area contributed by atoms with Crippen molar-refractivity contribution in [3.63, 3.8) is 0 Å². The number of ketones is 1. The van der Waals surface area contributed by atoms with Crippen LogP contribution in [0.25, 0.3) is 10.9 Å². The topological polar surface area (TPSA) is 88.5 Å². The number of Topliss-reactive ketones (excluding diaryl/α,β-unsaturated/α-hetero) is 1. The van der Waals surface area contributed by atoms with Crippen LogP contribution in [-0.4, -0.2) is 50.4 Å². The van der Waals surface area contributed by atoms with Gasteiger partial charge in [-0.25, -0.2) is 12.8 Å². The van der Waals surface area contributed by atoms with E-state index in [0.29, 0.717) is 12.1 Å². The Morgan fingerprint density at radius 1 is 1.35 bits per heavy atom. The lowest BCUT2D eigenvalue weighted by molar-refractivity contribution is 0.101. The van der Waals surface area contributed by atoms with Crippen LogP contribution in [0, 0.1) is 5.82 Å². The lowest BCUT2D eigenvalue weighted by Gasteiger charge is -2.28. The number of sulfone groups is 1. The second-order valence-electron chi connectivity index (χ2n) is 8.16. The van der Waals surface area contributed by atoms with E-state index in [2.05, 4.69) is 5.32 Å². The molecule has 2 heterocycles. The van der Waals surface area contributed by atoms with Gasteiger partial charge in [-0.05, 0) is 31.9 Å². The summed E-state index contributed by atoms with van der Waals surface area (Å²) in [5.41, 5.74) is 0.536. The molecule has 0 spiro atoms. The van der Waals surface area contributed by atoms with Crippen molar-refractivity contribution in [1.82, 2.24) is 9.88 Å². The van der Waals surface area contributed by atoms with Crippen LogP contribution in [-0.2, 0) is 9.84 Å². The summed E-state index contributed by atoms with van der Waals surface area (Å²) in [6, 6.07) is 0.996. The van der Waals surface area contributed by atoms with Gasteiger partial charge < -0.3 is 14.8 Å². The number of pyridine rings is 1. The molecule has 0 bridgehead atoms. The molecule has 2 aromatic rings. The number of anilines is 1. The maximum Gasteiger partial charge on any atom is 0.200 e. The van der Waals surface area contributed by atoms with Gasteiger partial charge in [0.05, 0.1) is 33.2 Å². The van der Waals surface area contributed by atoms with Gasteiger partial charge in [-0.15, -0.1) is 0 Å². The molecule has 0 radical (unpaired) electrons. The summed E-state index contributed by atoms with van der Waals surface area (Å²) in [6.45, 7) is 2.38. The summed E-state index contributed by atoms with van der Waals surface area (Å²) in [6.07, 6.45) is 5.91. The Kier molecular flexibility index (Phi) is 5.37. The Morgan fingerprint density at radius 2 is 2.03 bits per heavy atom. The summed E-state index contributed by atoms with van der Waals surface area (Å²) in [5.74, 6) is -2.25. The van der Waals surface area contributed by atoms with E-state index in [4.69, 9.17) is 11.6 Å². The van der Waals surface area contributed by atoms with Gasteiger partial charge in [0, 0.05) is 37.8 Å². The second-order valence-corrected chi connectivity index (χ2v) is 10.7. The van der Waals surface area contributed by atoms with E-state index in [1.165, 1.54) is 6.20 Å². The van der Waals surface area contributed by atoms with Gasteiger partial charge >= 0.3 is 0 Å². The molecule has 1 aromatic carbocycles. The molecule has 1 aliphatic carbocycles. The van der Waals surface area contributed by atoms with Gasteiger partial charge in [0.25, 0.3) is 0 Å². The summed E-state index contributed by atoms with van der Waals surface area (Å²) >= 11 is 6.70. The van der Waals surface area contributed by atoms with E-state index in [0.717, 1.165) is 30.9 Å². The normalized spacial score (nSPS) is 19.1. The Morgan fingerprint density at radius 3 is 2.58 bits per heavy atom. The lowest BCUT2D eigenvalue weighted by atomic mass is 10.1. The summed E-state index contributed by atoms with van der Waals surface area (Å²) in [7, 11) is -1.83. The number of halogens is 2. The van der Waals surface area contributed by atoms with Crippen molar-refractivity contribution in [1.29, 1.82) is 0 Å². The first-order chi connectivity index (χ1) is 14.5. The highest BCUT2D eigenvalue weighted by Crippen LogP contribution is 2.43. The third-order valence-corrected chi connectivity index (χ3v) is 6.96. The van der Waals surface area contributed by atoms with Crippen molar-refractivity contribution in [3.05, 3.63) is 50.7 Å². The number of nitrogens with zero attached hydrogens (tertiary/aromatic N) is 2. The molecule has 1 unspecified atom stereocenters. The number of nitrogens with one attached hydrogen (secondary N) is 1. The first-order valence-corrected chi connectivity index (χ1v) is 12.4. The highest BCUT2D eigenvalue weighted by atomic mass is 35.5. The smallest absolute Gasteiger partial charge is 0.200 e. The zero-order valence-electron chi connectivity index (χ0n) is 17.4. The van der Waals surface area contributed by atoms with Gasteiger partial charge in [0.15, 0.2) is 21.0 Å². The Balaban J connectivity index is 1.94. The maximum atomic E-state index is 15.3. The molecule has 2 aliphatic rings. The minimum atomic E-state index is -3.62. The average Bonchev–Trinajstić information content (AvgIpc) is 3.45. The standard InChI is InChI=1S/C21H23ClFN3O4S/c1-11-16(24-2)6-7-25(11)20-15(23)8-13-19(18(20)22)26(12-4-5-12)9-14(21(13)28)17(27)10-31(3,29)30/h6,8-9,11-12,24H,4-5,7,10H2,1-3H3. The fraction of sp³-hybridized carbons (Fsp3) is 0.429. The molecule has 1 fully saturated rings. The third kappa shape index (κ3) is 3.85. The molecule has 10 heteroatoms. The first kappa shape index (κ1) is 21.8. The third-order valence-electron chi connectivity index (χ3n) is 5.82. The zero-order chi connectivity index (χ0) is 22.7. The molecule has 1 aliphatic heterocycles. The largest absolute Gasteiger partial charge is 0.390 e. The first-order valence-electron chi connectivity index (χ1n) is 9.95. The van der Waals surface area contributed by atoms with E-state index >= 15 is 4.39 Å². The quantitative estimate of drug-likeness (QED) is 0.657. The molecular formula is C21H23ClFN3O4S. The van der Waals surface area contributed by atoms with Crippen molar-refractivity contribution in [2.75, 3.05) is 30.5 Å². The second kappa shape index (κ2) is 7.63. The van der Waals surface area contributed by atoms with Crippen molar-refractivity contribution < 1.29 is 17.6 Å². The number of rotatable bonds is 6. The zero-order valence-corrected chi connectivity index (χ0v) is 19.0. The summed E-state index contributed by atoms with van der Waals surface area (Å²) < 4.78 is 40.2.